The molecule has 5 nitrogen and oxygen atoms in total. The van der Waals surface area contributed by atoms with Crippen LogP contribution in [0.2, 0.25) is 0 Å². The first kappa shape index (κ1) is 40.0. The molecule has 0 unspecified atom stereocenters. The number of para-hydroxylation sites is 4. The van der Waals surface area contributed by atoms with Gasteiger partial charge in [0.2, 0.25) is 0 Å². The lowest BCUT2D eigenvalue weighted by Crippen LogP contribution is -2.76. The first-order chi connectivity index (χ1) is 33.7. The number of fused-ring (bicyclic) bond motifs is 7. The van der Waals surface area contributed by atoms with E-state index in [4.69, 9.17) is 14.7 Å². The molecule has 0 bridgehead atoms. The van der Waals surface area contributed by atoms with Gasteiger partial charge in [-0.1, -0.05) is 206 Å². The summed E-state index contributed by atoms with van der Waals surface area (Å²) in [5.41, 5.74) is 6.25. The fourth-order valence-corrected chi connectivity index (χ4v) is 21.4. The summed E-state index contributed by atoms with van der Waals surface area (Å²) in [6.07, 6.45) is 1.99. The summed E-state index contributed by atoms with van der Waals surface area (Å²) in [5, 5.41) is 12.5. The van der Waals surface area contributed by atoms with E-state index in [2.05, 4.69) is 259 Å². The van der Waals surface area contributed by atoms with Crippen molar-refractivity contribution in [2.45, 2.75) is 0 Å². The van der Waals surface area contributed by atoms with Crippen molar-refractivity contribution < 1.29 is 4.74 Å². The molecule has 0 spiro atoms. The number of benzene rings is 9. The molecule has 13 rings (SSSR count). The van der Waals surface area contributed by atoms with Crippen molar-refractivity contribution in [3.8, 4) is 28.6 Å². The van der Waals surface area contributed by atoms with Gasteiger partial charge in [0.15, 0.2) is 16.1 Å². The van der Waals surface area contributed by atoms with Crippen LogP contribution in [0.1, 0.15) is 0 Å². The van der Waals surface area contributed by atoms with Crippen LogP contribution >= 0.6 is 0 Å². The second-order valence-electron chi connectivity index (χ2n) is 17.7. The normalized spacial score (nSPS) is 13.0. The average Bonchev–Trinajstić information content (AvgIpc) is 3.94. The largest absolute Gasteiger partial charge is 0.456 e. The molecule has 0 saturated heterocycles. The van der Waals surface area contributed by atoms with Gasteiger partial charge in [-0.2, -0.15) is 0 Å². The molecule has 1 aliphatic heterocycles. The molecule has 12 aromatic rings. The van der Waals surface area contributed by atoms with Crippen molar-refractivity contribution in [3.05, 3.63) is 249 Å². The molecule has 0 fully saturated rings. The fourth-order valence-electron chi connectivity index (χ4n) is 11.4. The highest BCUT2D eigenvalue weighted by Gasteiger charge is 2.50. The van der Waals surface area contributed by atoms with Gasteiger partial charge >= 0.3 is 0 Å². The molecule has 0 aliphatic carbocycles. The number of hydrogen-bond acceptors (Lipinski definition) is 3. The minimum absolute atomic E-state index is 0.812. The molecule has 68 heavy (non-hydrogen) atoms. The number of ether oxygens (including phenoxy) is 1. The van der Waals surface area contributed by atoms with E-state index in [1.807, 2.05) is 6.20 Å². The van der Waals surface area contributed by atoms with Crippen LogP contribution in [0, 0.1) is 0 Å². The van der Waals surface area contributed by atoms with Gasteiger partial charge in [0.25, 0.3) is 0 Å². The van der Waals surface area contributed by atoms with Gasteiger partial charge in [0.1, 0.15) is 23.0 Å². The highest BCUT2D eigenvalue weighted by molar-refractivity contribution is 7.22. The number of aromatic nitrogens is 4. The topological polar surface area (TPSA) is 44.9 Å². The Morgan fingerprint density at radius 2 is 1.04 bits per heavy atom. The van der Waals surface area contributed by atoms with Gasteiger partial charge in [-0.25, -0.2) is 9.97 Å². The summed E-state index contributed by atoms with van der Waals surface area (Å²) >= 11 is 0. The molecule has 0 saturated carbocycles. The van der Waals surface area contributed by atoms with Gasteiger partial charge in [-0.15, -0.1) is 0 Å². The van der Waals surface area contributed by atoms with Gasteiger partial charge in [0.05, 0.1) is 22.7 Å². The summed E-state index contributed by atoms with van der Waals surface area (Å²) in [5.74, 6) is 2.65. The van der Waals surface area contributed by atoms with Gasteiger partial charge in [0, 0.05) is 34.3 Å². The zero-order valence-electron chi connectivity index (χ0n) is 37.4. The number of hydrogen-bond donors (Lipinski definition) is 0. The second kappa shape index (κ2) is 15.9. The van der Waals surface area contributed by atoms with E-state index in [9.17, 15) is 0 Å². The lowest BCUT2D eigenvalue weighted by atomic mass is 10.2. The molecule has 4 heterocycles. The summed E-state index contributed by atoms with van der Waals surface area (Å²) in [6, 6.07) is 88.9. The van der Waals surface area contributed by atoms with Crippen LogP contribution in [-0.2, 0) is 7.05 Å². The van der Waals surface area contributed by atoms with Crippen LogP contribution in [0.3, 0.4) is 0 Å². The number of nitrogens with zero attached hydrogens (tertiary/aromatic N) is 4. The Morgan fingerprint density at radius 1 is 0.485 bits per heavy atom. The monoisotopic (exact) mass is 904 g/mol. The number of pyridine rings is 1. The minimum Gasteiger partial charge on any atom is -0.456 e. The molecule has 0 N–H and O–H groups in total. The molecular weight excluding hydrogens is 861 g/mol. The third kappa shape index (κ3) is 5.86. The zero-order chi connectivity index (χ0) is 45.2. The lowest BCUT2D eigenvalue weighted by Gasteiger charge is -2.39. The molecule has 1 aliphatic rings. The van der Waals surface area contributed by atoms with E-state index in [-0.39, 0.29) is 0 Å². The van der Waals surface area contributed by atoms with Crippen molar-refractivity contribution in [1.29, 1.82) is 0 Å². The summed E-state index contributed by atoms with van der Waals surface area (Å²) < 4.78 is 11.6. The first-order valence-corrected chi connectivity index (χ1v) is 27.2. The summed E-state index contributed by atoms with van der Waals surface area (Å²) in [6.45, 7) is 0. The predicted octanol–water partition coefficient (Wildman–Crippen LogP) is 8.59. The highest BCUT2D eigenvalue weighted by atomic mass is 28.3. The van der Waals surface area contributed by atoms with Gasteiger partial charge < -0.3 is 9.30 Å². The number of aryl methyl sites for hydroxylation is 1. The third-order valence-corrected chi connectivity index (χ3v) is 23.9. The molecule has 3 aromatic heterocycles. The van der Waals surface area contributed by atoms with Crippen molar-refractivity contribution in [2.24, 2.45) is 7.05 Å². The molecule has 0 atom stereocenters. The van der Waals surface area contributed by atoms with Gasteiger partial charge in [-0.05, 0) is 72.7 Å². The zero-order valence-corrected chi connectivity index (χ0v) is 39.4. The SMILES string of the molecule is Cn1c(-c2cccc([Si](c3ccccc3)(c3ccccc3)c3cccc(-n4c5ccccc5c5c6c(cnc54)Oc4ccccc4[Si]6(c4ccccc4)c4ccccc4)c3)c2)nc2ccccc21. The van der Waals surface area contributed by atoms with E-state index in [0.29, 0.717) is 0 Å². The Bertz CT molecular complexity index is 3770. The van der Waals surface area contributed by atoms with E-state index in [1.54, 1.807) is 0 Å². The lowest BCUT2D eigenvalue weighted by molar-refractivity contribution is 0.485. The van der Waals surface area contributed by atoms with Crippen molar-refractivity contribution >= 4 is 90.6 Å². The van der Waals surface area contributed by atoms with Crippen LogP contribution in [0.5, 0.6) is 11.5 Å². The Hall–Kier alpha value is -8.37. The van der Waals surface area contributed by atoms with Crippen molar-refractivity contribution in [3.63, 3.8) is 0 Å². The molecular formula is C61H44N4OSi2. The average molecular weight is 905 g/mol. The smallest absolute Gasteiger partial charge is 0.189 e. The molecule has 9 aromatic carbocycles. The molecule has 7 heteroatoms. The van der Waals surface area contributed by atoms with Gasteiger partial charge in [-0.3, -0.25) is 4.57 Å². The maximum atomic E-state index is 6.99. The maximum absolute atomic E-state index is 6.99. The Morgan fingerprint density at radius 3 is 1.74 bits per heavy atom. The third-order valence-electron chi connectivity index (χ3n) is 14.2. The highest BCUT2D eigenvalue weighted by Crippen LogP contribution is 2.37. The standard InChI is InChI=1S/C61H44N4OSi2/c1-64-54-37-17-15-35-52(54)63-60(64)43-22-20-32-49(40-43)67(45-24-6-2-7-25-45,46-26-8-3-9-27-46)50-33-21-23-44(41-50)65-53-36-16-14-34-51(53)58-59-56(42-62-61(58)65)66-55-38-18-19-39-57(55)68(59,47-28-10-4-11-29-47)48-30-12-5-13-31-48/h2-42H,1H3. The van der Waals surface area contributed by atoms with Crippen LogP contribution in [-0.4, -0.2) is 35.2 Å². The molecule has 0 radical (unpaired) electrons. The number of rotatable bonds is 8. The van der Waals surface area contributed by atoms with Crippen molar-refractivity contribution in [2.75, 3.05) is 0 Å². The van der Waals surface area contributed by atoms with E-state index in [0.717, 1.165) is 61.5 Å². The molecule has 0 amide bonds. The fraction of sp³-hybridized carbons (Fsp3) is 0.0164. The van der Waals surface area contributed by atoms with E-state index < -0.39 is 16.1 Å². The predicted molar refractivity (Wildman–Crippen MR) is 286 cm³/mol. The maximum Gasteiger partial charge on any atom is 0.189 e. The summed E-state index contributed by atoms with van der Waals surface area (Å²) in [7, 11) is -3.98. The Balaban J connectivity index is 1.10. The molecule has 322 valence electrons. The van der Waals surface area contributed by atoms with Crippen molar-refractivity contribution in [1.82, 2.24) is 19.1 Å². The van der Waals surface area contributed by atoms with E-state index in [1.165, 1.54) is 41.5 Å². The quantitative estimate of drug-likeness (QED) is 0.114. The van der Waals surface area contributed by atoms with Crippen LogP contribution in [0.15, 0.2) is 249 Å². The van der Waals surface area contributed by atoms with E-state index >= 15 is 0 Å². The van der Waals surface area contributed by atoms with Crippen LogP contribution in [0.25, 0.3) is 50.0 Å². The second-order valence-corrected chi connectivity index (χ2v) is 25.2. The van der Waals surface area contributed by atoms with Crippen LogP contribution in [0.4, 0.5) is 0 Å². The van der Waals surface area contributed by atoms with Crippen LogP contribution < -0.4 is 46.2 Å². The number of imidazole rings is 1. The minimum atomic E-state index is -3.06. The first-order valence-electron chi connectivity index (χ1n) is 23.2. The Kier molecular flexibility index (Phi) is 9.35. The Labute approximate surface area is 396 Å². The summed E-state index contributed by atoms with van der Waals surface area (Å²) in [4.78, 5) is 10.6.